The zero-order valence-corrected chi connectivity index (χ0v) is 11.6. The lowest BCUT2D eigenvalue weighted by molar-refractivity contribution is 0.174. The molecule has 0 amide bonds. The molecule has 0 bridgehead atoms. The average Bonchev–Trinajstić information content (AvgIpc) is 2.41. The van der Waals surface area contributed by atoms with E-state index in [0.29, 0.717) is 18.2 Å². The number of nitrogens with zero attached hydrogens (tertiary/aromatic N) is 1. The van der Waals surface area contributed by atoms with E-state index in [1.54, 1.807) is 12.3 Å². The van der Waals surface area contributed by atoms with E-state index in [-0.39, 0.29) is 0 Å². The largest absolute Gasteiger partial charge is 0.387 e. The monoisotopic (exact) mass is 276 g/mol. The molecule has 1 heterocycles. The molecule has 0 aliphatic rings. The third-order valence-corrected chi connectivity index (χ3v) is 3.11. The molecule has 0 aliphatic heterocycles. The molecule has 4 heteroatoms. The summed E-state index contributed by atoms with van der Waals surface area (Å²) in [5.74, 6) is 0. The Bertz CT molecular complexity index is 528. The van der Waals surface area contributed by atoms with E-state index in [1.165, 1.54) is 0 Å². The highest BCUT2D eigenvalue weighted by molar-refractivity contribution is 6.29. The van der Waals surface area contributed by atoms with Crippen molar-refractivity contribution in [1.82, 2.24) is 10.3 Å². The van der Waals surface area contributed by atoms with Crippen molar-refractivity contribution in [2.45, 2.75) is 19.6 Å². The summed E-state index contributed by atoms with van der Waals surface area (Å²) in [6.07, 6.45) is 1.23. The summed E-state index contributed by atoms with van der Waals surface area (Å²) in [5.41, 5.74) is 3.13. The third-order valence-electron chi connectivity index (χ3n) is 2.88. The van der Waals surface area contributed by atoms with Crippen LogP contribution in [0.1, 0.15) is 22.8 Å². The molecule has 0 radical (unpaired) electrons. The van der Waals surface area contributed by atoms with Crippen LogP contribution in [0.25, 0.3) is 0 Å². The van der Waals surface area contributed by atoms with Crippen LogP contribution < -0.4 is 5.32 Å². The molecule has 100 valence electrons. The molecule has 0 aliphatic carbocycles. The van der Waals surface area contributed by atoms with Crippen LogP contribution in [0.5, 0.6) is 0 Å². The van der Waals surface area contributed by atoms with Crippen molar-refractivity contribution in [1.29, 1.82) is 0 Å². The van der Waals surface area contributed by atoms with Crippen molar-refractivity contribution in [3.05, 3.63) is 64.4 Å². The van der Waals surface area contributed by atoms with Crippen LogP contribution >= 0.6 is 11.6 Å². The van der Waals surface area contributed by atoms with Crippen LogP contribution in [0.4, 0.5) is 0 Å². The Balaban J connectivity index is 1.84. The van der Waals surface area contributed by atoms with Crippen molar-refractivity contribution in [3.63, 3.8) is 0 Å². The number of aryl methyl sites for hydroxylation is 1. The minimum atomic E-state index is -0.500. The smallest absolute Gasteiger partial charge is 0.129 e. The molecule has 0 fully saturated rings. The molecule has 1 aromatic heterocycles. The molecule has 2 N–H and O–H groups in total. The Labute approximate surface area is 118 Å². The van der Waals surface area contributed by atoms with Crippen LogP contribution in [0.2, 0.25) is 5.15 Å². The Morgan fingerprint density at radius 2 is 2.16 bits per heavy atom. The van der Waals surface area contributed by atoms with Crippen LogP contribution in [-0.2, 0) is 6.54 Å². The van der Waals surface area contributed by atoms with Crippen molar-refractivity contribution in [2.75, 3.05) is 6.54 Å². The highest BCUT2D eigenvalue weighted by atomic mass is 35.5. The summed E-state index contributed by atoms with van der Waals surface area (Å²) in [5, 5.41) is 13.8. The lowest BCUT2D eigenvalue weighted by Gasteiger charge is -2.12. The highest BCUT2D eigenvalue weighted by Crippen LogP contribution is 2.13. The molecule has 2 aromatic rings. The van der Waals surface area contributed by atoms with Gasteiger partial charge in [0, 0.05) is 19.3 Å². The van der Waals surface area contributed by atoms with Gasteiger partial charge in [0.05, 0.1) is 6.10 Å². The maximum absolute atomic E-state index is 10.1. The Kier molecular flexibility index (Phi) is 4.91. The summed E-state index contributed by atoms with van der Waals surface area (Å²) in [7, 11) is 0. The second-order valence-corrected chi connectivity index (χ2v) is 4.94. The topological polar surface area (TPSA) is 45.1 Å². The molecule has 0 saturated carbocycles. The van der Waals surface area contributed by atoms with Crippen LogP contribution in [-0.4, -0.2) is 16.6 Å². The number of aliphatic hydroxyl groups is 1. The predicted octanol–water partition coefficient (Wildman–Crippen LogP) is 2.87. The fourth-order valence-electron chi connectivity index (χ4n) is 1.86. The van der Waals surface area contributed by atoms with Crippen molar-refractivity contribution in [2.24, 2.45) is 0 Å². The predicted molar refractivity (Wildman–Crippen MR) is 77.1 cm³/mol. The minimum Gasteiger partial charge on any atom is -0.387 e. The van der Waals surface area contributed by atoms with E-state index < -0.39 is 6.10 Å². The third kappa shape index (κ3) is 4.31. The Morgan fingerprint density at radius 3 is 2.84 bits per heavy atom. The maximum atomic E-state index is 10.1. The second kappa shape index (κ2) is 6.66. The van der Waals surface area contributed by atoms with Crippen LogP contribution in [0.15, 0.2) is 42.6 Å². The SMILES string of the molecule is Cc1cccc(C(O)CNCc2ccc(Cl)nc2)c1. The van der Waals surface area contributed by atoms with E-state index in [9.17, 15) is 5.11 Å². The van der Waals surface area contributed by atoms with Gasteiger partial charge in [-0.2, -0.15) is 0 Å². The van der Waals surface area contributed by atoms with Gasteiger partial charge in [-0.3, -0.25) is 0 Å². The molecule has 0 spiro atoms. The molecule has 1 unspecified atom stereocenters. The van der Waals surface area contributed by atoms with Crippen molar-refractivity contribution in [3.8, 4) is 0 Å². The van der Waals surface area contributed by atoms with Gasteiger partial charge in [0.2, 0.25) is 0 Å². The summed E-state index contributed by atoms with van der Waals surface area (Å²) in [6.45, 7) is 3.18. The standard InChI is InChI=1S/C15H17ClN2O/c1-11-3-2-4-13(7-11)14(19)10-17-8-12-5-6-15(16)18-9-12/h2-7,9,14,17,19H,8,10H2,1H3. The first-order valence-corrected chi connectivity index (χ1v) is 6.59. The van der Waals surface area contributed by atoms with Gasteiger partial charge in [-0.05, 0) is 24.1 Å². The summed E-state index contributed by atoms with van der Waals surface area (Å²) < 4.78 is 0. The zero-order valence-electron chi connectivity index (χ0n) is 10.8. The van der Waals surface area contributed by atoms with E-state index in [2.05, 4.69) is 10.3 Å². The lowest BCUT2D eigenvalue weighted by atomic mass is 10.1. The molecule has 3 nitrogen and oxygen atoms in total. The fourth-order valence-corrected chi connectivity index (χ4v) is 1.97. The number of hydrogen-bond donors (Lipinski definition) is 2. The van der Waals surface area contributed by atoms with Gasteiger partial charge in [-0.15, -0.1) is 0 Å². The molecule has 0 saturated heterocycles. The molecule has 1 atom stereocenters. The van der Waals surface area contributed by atoms with Crippen LogP contribution in [0, 0.1) is 6.92 Å². The summed E-state index contributed by atoms with van der Waals surface area (Å²) >= 11 is 5.72. The summed E-state index contributed by atoms with van der Waals surface area (Å²) in [6, 6.07) is 11.6. The van der Waals surface area contributed by atoms with Gasteiger partial charge >= 0.3 is 0 Å². The fraction of sp³-hybridized carbons (Fsp3) is 0.267. The quantitative estimate of drug-likeness (QED) is 0.826. The van der Waals surface area contributed by atoms with Gasteiger partial charge in [0.15, 0.2) is 0 Å². The molecule has 1 aromatic carbocycles. The van der Waals surface area contributed by atoms with Gasteiger partial charge < -0.3 is 10.4 Å². The van der Waals surface area contributed by atoms with E-state index >= 15 is 0 Å². The van der Waals surface area contributed by atoms with Gasteiger partial charge in [0.25, 0.3) is 0 Å². The first-order valence-electron chi connectivity index (χ1n) is 6.21. The summed E-state index contributed by atoms with van der Waals surface area (Å²) in [4.78, 5) is 4.01. The maximum Gasteiger partial charge on any atom is 0.129 e. The van der Waals surface area contributed by atoms with E-state index in [1.807, 2.05) is 37.3 Å². The zero-order chi connectivity index (χ0) is 13.7. The molecular formula is C15H17ClN2O. The van der Waals surface area contributed by atoms with Gasteiger partial charge in [0.1, 0.15) is 5.15 Å². The number of benzene rings is 1. The second-order valence-electron chi connectivity index (χ2n) is 4.55. The average molecular weight is 277 g/mol. The van der Waals surface area contributed by atoms with Crippen molar-refractivity contribution < 1.29 is 5.11 Å². The molecule has 2 rings (SSSR count). The first kappa shape index (κ1) is 14.0. The Hall–Kier alpha value is -1.42. The lowest BCUT2D eigenvalue weighted by Crippen LogP contribution is -2.21. The molecule has 19 heavy (non-hydrogen) atoms. The number of aromatic nitrogens is 1. The highest BCUT2D eigenvalue weighted by Gasteiger charge is 2.06. The van der Waals surface area contributed by atoms with Crippen molar-refractivity contribution >= 4 is 11.6 Å². The Morgan fingerprint density at radius 1 is 1.32 bits per heavy atom. The van der Waals surface area contributed by atoms with E-state index in [0.717, 1.165) is 16.7 Å². The normalized spacial score (nSPS) is 12.4. The number of nitrogens with one attached hydrogen (secondary N) is 1. The number of aliphatic hydroxyl groups excluding tert-OH is 1. The van der Waals surface area contributed by atoms with E-state index in [4.69, 9.17) is 11.6 Å². The number of rotatable bonds is 5. The van der Waals surface area contributed by atoms with Crippen LogP contribution in [0.3, 0.4) is 0 Å². The minimum absolute atomic E-state index is 0.489. The van der Waals surface area contributed by atoms with Gasteiger partial charge in [-0.25, -0.2) is 4.98 Å². The first-order chi connectivity index (χ1) is 9.15. The number of pyridine rings is 1. The number of halogens is 1. The number of hydrogen-bond acceptors (Lipinski definition) is 3. The van der Waals surface area contributed by atoms with Gasteiger partial charge in [-0.1, -0.05) is 47.5 Å². The molecular weight excluding hydrogens is 260 g/mol.